The Morgan fingerprint density at radius 2 is 1.81 bits per heavy atom. The van der Waals surface area contributed by atoms with Gasteiger partial charge in [-0.05, 0) is 25.5 Å². The van der Waals surface area contributed by atoms with E-state index in [9.17, 15) is 0 Å². The number of methoxy groups -OCH3 is 2. The number of ether oxygens (including phenoxy) is 2. The van der Waals surface area contributed by atoms with Crippen molar-refractivity contribution in [3.8, 4) is 11.5 Å². The molecule has 16 heavy (non-hydrogen) atoms. The van der Waals surface area contributed by atoms with Gasteiger partial charge in [-0.25, -0.2) is 0 Å². The number of hydrogen-bond acceptors (Lipinski definition) is 3. The van der Waals surface area contributed by atoms with Crippen LogP contribution in [0, 0.1) is 0 Å². The van der Waals surface area contributed by atoms with Gasteiger partial charge >= 0.3 is 0 Å². The van der Waals surface area contributed by atoms with Crippen LogP contribution in [0.4, 0.5) is 0 Å². The minimum atomic E-state index is 0.0808. The molecule has 3 nitrogen and oxygen atoms in total. The highest BCUT2D eigenvalue weighted by atomic mass is 16.5. The van der Waals surface area contributed by atoms with E-state index in [4.69, 9.17) is 14.6 Å². The van der Waals surface area contributed by atoms with Crippen molar-refractivity contribution in [2.75, 3.05) is 20.8 Å². The first-order valence-corrected chi connectivity index (χ1v) is 5.19. The van der Waals surface area contributed by atoms with Crippen LogP contribution in [0.15, 0.2) is 29.8 Å². The number of aliphatic hydroxyl groups excluding tert-OH is 1. The van der Waals surface area contributed by atoms with Gasteiger partial charge in [0.1, 0.15) is 11.5 Å². The zero-order valence-electron chi connectivity index (χ0n) is 9.99. The van der Waals surface area contributed by atoms with E-state index in [1.807, 2.05) is 31.2 Å². The standard InChI is InChI=1S/C13H18O3/c1-10(9-14)7-8-11-12(15-2)5-4-6-13(11)16-3/h4-7,14H,8-9H2,1-3H3/b10-7+. The second-order valence-corrected chi connectivity index (χ2v) is 3.55. The lowest BCUT2D eigenvalue weighted by Gasteiger charge is -2.11. The zero-order valence-corrected chi connectivity index (χ0v) is 9.99. The van der Waals surface area contributed by atoms with Crippen LogP contribution in [-0.2, 0) is 6.42 Å². The Kier molecular flexibility index (Phi) is 4.86. The Bertz CT molecular complexity index is 347. The Morgan fingerprint density at radius 3 is 2.25 bits per heavy atom. The molecular formula is C13H18O3. The van der Waals surface area contributed by atoms with Crippen LogP contribution in [0.3, 0.4) is 0 Å². The normalized spacial score (nSPS) is 11.4. The van der Waals surface area contributed by atoms with Crippen molar-refractivity contribution in [3.05, 3.63) is 35.4 Å². The lowest BCUT2D eigenvalue weighted by Crippen LogP contribution is -1.96. The second kappa shape index (κ2) is 6.18. The monoisotopic (exact) mass is 222 g/mol. The summed E-state index contributed by atoms with van der Waals surface area (Å²) in [6.45, 7) is 1.97. The van der Waals surface area contributed by atoms with Crippen molar-refractivity contribution >= 4 is 0 Å². The molecule has 1 N–H and O–H groups in total. The quantitative estimate of drug-likeness (QED) is 0.776. The molecule has 0 bridgehead atoms. The third-order valence-corrected chi connectivity index (χ3v) is 2.43. The summed E-state index contributed by atoms with van der Waals surface area (Å²) in [5.41, 5.74) is 1.94. The fourth-order valence-corrected chi connectivity index (χ4v) is 1.47. The maximum atomic E-state index is 8.93. The number of aliphatic hydroxyl groups is 1. The zero-order chi connectivity index (χ0) is 12.0. The molecule has 0 amide bonds. The highest BCUT2D eigenvalue weighted by Crippen LogP contribution is 2.29. The van der Waals surface area contributed by atoms with Gasteiger partial charge in [-0.2, -0.15) is 0 Å². The van der Waals surface area contributed by atoms with Gasteiger partial charge in [0.2, 0.25) is 0 Å². The largest absolute Gasteiger partial charge is 0.496 e. The van der Waals surface area contributed by atoms with Gasteiger partial charge < -0.3 is 14.6 Å². The molecule has 0 saturated carbocycles. The summed E-state index contributed by atoms with van der Waals surface area (Å²) in [6, 6.07) is 5.70. The third-order valence-electron chi connectivity index (χ3n) is 2.43. The van der Waals surface area contributed by atoms with Crippen molar-refractivity contribution in [1.82, 2.24) is 0 Å². The highest BCUT2D eigenvalue weighted by molar-refractivity contribution is 5.46. The summed E-state index contributed by atoms with van der Waals surface area (Å²) in [5, 5.41) is 8.93. The van der Waals surface area contributed by atoms with Gasteiger partial charge in [0.25, 0.3) is 0 Å². The van der Waals surface area contributed by atoms with Gasteiger partial charge in [-0.1, -0.05) is 17.7 Å². The van der Waals surface area contributed by atoms with Crippen LogP contribution in [0.25, 0.3) is 0 Å². The fraction of sp³-hybridized carbons (Fsp3) is 0.385. The van der Waals surface area contributed by atoms with Crippen molar-refractivity contribution in [2.45, 2.75) is 13.3 Å². The molecule has 0 radical (unpaired) electrons. The molecular weight excluding hydrogens is 204 g/mol. The summed E-state index contributed by atoms with van der Waals surface area (Å²) < 4.78 is 10.6. The first kappa shape index (κ1) is 12.6. The molecule has 0 aromatic heterocycles. The number of allylic oxidation sites excluding steroid dienone is 1. The molecule has 1 aromatic rings. The SMILES string of the molecule is COc1cccc(OC)c1C/C=C(\C)CO. The molecule has 0 unspecified atom stereocenters. The molecule has 0 fully saturated rings. The smallest absolute Gasteiger partial charge is 0.126 e. The van der Waals surface area contributed by atoms with E-state index in [1.54, 1.807) is 14.2 Å². The molecule has 88 valence electrons. The summed E-state index contributed by atoms with van der Waals surface area (Å²) in [5.74, 6) is 1.61. The second-order valence-electron chi connectivity index (χ2n) is 3.55. The number of benzene rings is 1. The van der Waals surface area contributed by atoms with E-state index in [-0.39, 0.29) is 6.61 Å². The molecule has 0 atom stereocenters. The predicted octanol–water partition coefficient (Wildman–Crippen LogP) is 2.18. The maximum Gasteiger partial charge on any atom is 0.126 e. The van der Waals surface area contributed by atoms with Crippen LogP contribution >= 0.6 is 0 Å². The van der Waals surface area contributed by atoms with E-state index < -0.39 is 0 Å². The van der Waals surface area contributed by atoms with E-state index in [1.165, 1.54) is 0 Å². The molecule has 0 aliphatic heterocycles. The average molecular weight is 222 g/mol. The maximum absolute atomic E-state index is 8.93. The van der Waals surface area contributed by atoms with E-state index in [2.05, 4.69) is 0 Å². The lowest BCUT2D eigenvalue weighted by molar-refractivity contribution is 0.331. The Hall–Kier alpha value is -1.48. The van der Waals surface area contributed by atoms with Crippen LogP contribution in [0.2, 0.25) is 0 Å². The van der Waals surface area contributed by atoms with E-state index in [0.29, 0.717) is 6.42 Å². The van der Waals surface area contributed by atoms with Gasteiger partial charge in [0, 0.05) is 5.56 Å². The summed E-state index contributed by atoms with van der Waals surface area (Å²) in [6.07, 6.45) is 2.67. The topological polar surface area (TPSA) is 38.7 Å². The van der Waals surface area contributed by atoms with Crippen molar-refractivity contribution in [1.29, 1.82) is 0 Å². The molecule has 0 heterocycles. The van der Waals surface area contributed by atoms with Crippen LogP contribution in [-0.4, -0.2) is 25.9 Å². The van der Waals surface area contributed by atoms with Crippen LogP contribution in [0.5, 0.6) is 11.5 Å². The van der Waals surface area contributed by atoms with Crippen molar-refractivity contribution < 1.29 is 14.6 Å². The summed E-state index contributed by atoms with van der Waals surface area (Å²) >= 11 is 0. The lowest BCUT2D eigenvalue weighted by atomic mass is 10.1. The van der Waals surface area contributed by atoms with Crippen LogP contribution < -0.4 is 9.47 Å². The first-order chi connectivity index (χ1) is 7.72. The first-order valence-electron chi connectivity index (χ1n) is 5.19. The predicted molar refractivity (Wildman–Crippen MR) is 64.1 cm³/mol. The Balaban J connectivity index is 2.99. The van der Waals surface area contributed by atoms with Crippen molar-refractivity contribution in [3.63, 3.8) is 0 Å². The minimum Gasteiger partial charge on any atom is -0.496 e. The number of hydrogen-bond donors (Lipinski definition) is 1. The number of rotatable bonds is 5. The Morgan fingerprint density at radius 1 is 1.25 bits per heavy atom. The van der Waals surface area contributed by atoms with Crippen LogP contribution in [0.1, 0.15) is 12.5 Å². The molecule has 1 rings (SSSR count). The molecule has 0 saturated heterocycles. The van der Waals surface area contributed by atoms with Crippen molar-refractivity contribution in [2.24, 2.45) is 0 Å². The van der Waals surface area contributed by atoms with E-state index >= 15 is 0 Å². The summed E-state index contributed by atoms with van der Waals surface area (Å²) in [4.78, 5) is 0. The Labute approximate surface area is 96.3 Å². The van der Waals surface area contributed by atoms with Gasteiger partial charge in [-0.3, -0.25) is 0 Å². The average Bonchev–Trinajstić information content (AvgIpc) is 2.35. The molecule has 0 aliphatic rings. The molecule has 0 spiro atoms. The molecule has 1 aromatic carbocycles. The third kappa shape index (κ3) is 3.00. The van der Waals surface area contributed by atoms with E-state index in [0.717, 1.165) is 22.6 Å². The molecule has 3 heteroatoms. The van der Waals surface area contributed by atoms with Gasteiger partial charge in [-0.15, -0.1) is 0 Å². The van der Waals surface area contributed by atoms with Gasteiger partial charge in [0.15, 0.2) is 0 Å². The van der Waals surface area contributed by atoms with Gasteiger partial charge in [0.05, 0.1) is 20.8 Å². The summed E-state index contributed by atoms with van der Waals surface area (Å²) in [7, 11) is 3.28. The molecule has 0 aliphatic carbocycles. The fourth-order valence-electron chi connectivity index (χ4n) is 1.47. The highest BCUT2D eigenvalue weighted by Gasteiger charge is 2.07. The minimum absolute atomic E-state index is 0.0808.